The summed E-state index contributed by atoms with van der Waals surface area (Å²) in [6.07, 6.45) is 8.60. The van der Waals surface area contributed by atoms with Crippen LogP contribution in [0.4, 0.5) is 0 Å². The lowest BCUT2D eigenvalue weighted by Crippen LogP contribution is -2.34. The zero-order valence-corrected chi connectivity index (χ0v) is 10.6. The van der Waals surface area contributed by atoms with Crippen LogP contribution in [-0.2, 0) is 13.1 Å². The second kappa shape index (κ2) is 6.17. The molecule has 1 aromatic heterocycles. The Balaban J connectivity index is 1.86. The van der Waals surface area contributed by atoms with Crippen molar-refractivity contribution in [3.8, 4) is 0 Å². The summed E-state index contributed by atoms with van der Waals surface area (Å²) in [5.74, 6) is 1.54. The van der Waals surface area contributed by atoms with Crippen LogP contribution in [0.15, 0.2) is 12.4 Å². The molecule has 0 spiro atoms. The Hall–Kier alpha value is -0.870. The van der Waals surface area contributed by atoms with Crippen molar-refractivity contribution in [1.29, 1.82) is 0 Å². The molecule has 1 saturated carbocycles. The van der Waals surface area contributed by atoms with Gasteiger partial charge in [-0.1, -0.05) is 13.3 Å². The third-order valence-corrected chi connectivity index (χ3v) is 3.68. The van der Waals surface area contributed by atoms with Gasteiger partial charge in [-0.15, -0.1) is 0 Å². The van der Waals surface area contributed by atoms with Crippen molar-refractivity contribution in [3.05, 3.63) is 18.2 Å². The summed E-state index contributed by atoms with van der Waals surface area (Å²) in [6.45, 7) is 4.33. The molecule has 0 saturated heterocycles. The number of rotatable bonds is 6. The van der Waals surface area contributed by atoms with E-state index < -0.39 is 0 Å². The Bertz CT molecular complexity index is 337. The van der Waals surface area contributed by atoms with Gasteiger partial charge >= 0.3 is 0 Å². The lowest BCUT2D eigenvalue weighted by atomic mass is 10.1. The summed E-state index contributed by atoms with van der Waals surface area (Å²) >= 11 is 0. The van der Waals surface area contributed by atoms with Gasteiger partial charge in [0.25, 0.3) is 0 Å². The van der Waals surface area contributed by atoms with Gasteiger partial charge in [0, 0.05) is 31.6 Å². The molecule has 2 unspecified atom stereocenters. The SMILES string of the molecule is CCCn1ccnc1CNC1CCCC1CO. The first-order chi connectivity index (χ1) is 8.35. The molecule has 1 aliphatic carbocycles. The van der Waals surface area contributed by atoms with E-state index in [2.05, 4.69) is 21.8 Å². The average molecular weight is 237 g/mol. The van der Waals surface area contributed by atoms with Crippen molar-refractivity contribution in [2.24, 2.45) is 5.92 Å². The van der Waals surface area contributed by atoms with Gasteiger partial charge in [0.15, 0.2) is 0 Å². The Morgan fingerprint density at radius 2 is 2.41 bits per heavy atom. The first kappa shape index (κ1) is 12.6. The van der Waals surface area contributed by atoms with Gasteiger partial charge in [-0.05, 0) is 25.2 Å². The Kier molecular flexibility index (Phi) is 4.57. The zero-order chi connectivity index (χ0) is 12.1. The predicted octanol–water partition coefficient (Wildman–Crippen LogP) is 1.54. The van der Waals surface area contributed by atoms with Gasteiger partial charge < -0.3 is 15.0 Å². The summed E-state index contributed by atoms with van der Waals surface area (Å²) in [4.78, 5) is 4.38. The molecule has 1 heterocycles. The number of aromatic nitrogens is 2. The quantitative estimate of drug-likeness (QED) is 0.789. The van der Waals surface area contributed by atoms with E-state index in [0.717, 1.165) is 31.8 Å². The molecule has 0 amide bonds. The number of hydrogen-bond donors (Lipinski definition) is 2. The Morgan fingerprint density at radius 1 is 1.53 bits per heavy atom. The lowest BCUT2D eigenvalue weighted by Gasteiger charge is -2.19. The van der Waals surface area contributed by atoms with Crippen LogP contribution in [0.25, 0.3) is 0 Å². The van der Waals surface area contributed by atoms with Crippen molar-refractivity contribution in [1.82, 2.24) is 14.9 Å². The van der Waals surface area contributed by atoms with E-state index in [1.807, 2.05) is 12.4 Å². The van der Waals surface area contributed by atoms with Gasteiger partial charge in [0.2, 0.25) is 0 Å². The van der Waals surface area contributed by atoms with Crippen LogP contribution >= 0.6 is 0 Å². The molecular weight excluding hydrogens is 214 g/mol. The predicted molar refractivity (Wildman–Crippen MR) is 67.6 cm³/mol. The molecule has 2 atom stereocenters. The number of aliphatic hydroxyl groups is 1. The summed E-state index contributed by atoms with van der Waals surface area (Å²) < 4.78 is 2.20. The highest BCUT2D eigenvalue weighted by atomic mass is 16.3. The number of nitrogens with zero attached hydrogens (tertiary/aromatic N) is 2. The topological polar surface area (TPSA) is 50.1 Å². The standard InChI is InChI=1S/C13H23N3O/c1-2-7-16-8-6-14-13(16)9-15-12-5-3-4-11(12)10-17/h6,8,11-12,15,17H,2-5,7,9-10H2,1H3. The molecule has 1 fully saturated rings. The molecule has 1 aromatic rings. The number of hydrogen-bond acceptors (Lipinski definition) is 3. The van der Waals surface area contributed by atoms with Gasteiger partial charge in [-0.2, -0.15) is 0 Å². The monoisotopic (exact) mass is 237 g/mol. The summed E-state index contributed by atoms with van der Waals surface area (Å²) in [6, 6.07) is 0.465. The minimum absolute atomic E-state index is 0.307. The van der Waals surface area contributed by atoms with Gasteiger partial charge in [-0.25, -0.2) is 4.98 Å². The maximum Gasteiger partial charge on any atom is 0.122 e. The third kappa shape index (κ3) is 3.07. The third-order valence-electron chi connectivity index (χ3n) is 3.68. The highest BCUT2D eigenvalue weighted by molar-refractivity contribution is 4.93. The molecule has 2 rings (SSSR count). The zero-order valence-electron chi connectivity index (χ0n) is 10.6. The van der Waals surface area contributed by atoms with Crippen LogP contribution in [0.1, 0.15) is 38.4 Å². The van der Waals surface area contributed by atoms with E-state index in [4.69, 9.17) is 0 Å². The van der Waals surface area contributed by atoms with Gasteiger partial charge in [0.05, 0.1) is 6.54 Å². The van der Waals surface area contributed by atoms with Crippen LogP contribution in [0, 0.1) is 5.92 Å². The molecule has 4 heteroatoms. The van der Waals surface area contributed by atoms with Crippen molar-refractivity contribution in [3.63, 3.8) is 0 Å². The highest BCUT2D eigenvalue weighted by Crippen LogP contribution is 2.25. The van der Waals surface area contributed by atoms with E-state index >= 15 is 0 Å². The molecule has 1 aliphatic rings. The number of aryl methyl sites for hydroxylation is 1. The first-order valence-electron chi connectivity index (χ1n) is 6.69. The maximum absolute atomic E-state index is 9.27. The number of aliphatic hydroxyl groups excluding tert-OH is 1. The molecule has 0 radical (unpaired) electrons. The molecule has 4 nitrogen and oxygen atoms in total. The minimum Gasteiger partial charge on any atom is -0.396 e. The lowest BCUT2D eigenvalue weighted by molar-refractivity contribution is 0.204. The molecule has 0 aliphatic heterocycles. The largest absolute Gasteiger partial charge is 0.396 e. The van der Waals surface area contributed by atoms with Crippen molar-refractivity contribution >= 4 is 0 Å². The Labute approximate surface area is 103 Å². The summed E-state index contributed by atoms with van der Waals surface area (Å²) in [7, 11) is 0. The van der Waals surface area contributed by atoms with Gasteiger partial charge in [0.1, 0.15) is 5.82 Å². The second-order valence-corrected chi connectivity index (χ2v) is 4.90. The normalized spacial score (nSPS) is 24.4. The van der Waals surface area contributed by atoms with Gasteiger partial charge in [-0.3, -0.25) is 0 Å². The first-order valence-corrected chi connectivity index (χ1v) is 6.69. The molecule has 96 valence electrons. The molecular formula is C13H23N3O. The van der Waals surface area contributed by atoms with Crippen LogP contribution in [-0.4, -0.2) is 27.3 Å². The van der Waals surface area contributed by atoms with E-state index in [9.17, 15) is 5.11 Å². The van der Waals surface area contributed by atoms with E-state index in [1.54, 1.807) is 0 Å². The minimum atomic E-state index is 0.307. The van der Waals surface area contributed by atoms with Crippen LogP contribution in [0.2, 0.25) is 0 Å². The van der Waals surface area contributed by atoms with Crippen LogP contribution in [0.3, 0.4) is 0 Å². The molecule has 2 N–H and O–H groups in total. The van der Waals surface area contributed by atoms with Crippen LogP contribution < -0.4 is 5.32 Å². The molecule has 0 aromatic carbocycles. The van der Waals surface area contributed by atoms with Crippen molar-refractivity contribution < 1.29 is 5.11 Å². The number of nitrogens with one attached hydrogen (secondary N) is 1. The smallest absolute Gasteiger partial charge is 0.122 e. The second-order valence-electron chi connectivity index (χ2n) is 4.90. The fourth-order valence-electron chi connectivity index (χ4n) is 2.70. The highest BCUT2D eigenvalue weighted by Gasteiger charge is 2.26. The average Bonchev–Trinajstić information content (AvgIpc) is 2.95. The Morgan fingerprint density at radius 3 is 3.18 bits per heavy atom. The summed E-state index contributed by atoms with van der Waals surface area (Å²) in [5.41, 5.74) is 0. The number of imidazole rings is 1. The molecule has 17 heavy (non-hydrogen) atoms. The van der Waals surface area contributed by atoms with E-state index in [1.165, 1.54) is 12.8 Å². The molecule has 0 bridgehead atoms. The summed E-state index contributed by atoms with van der Waals surface area (Å²) in [5, 5.41) is 12.8. The van der Waals surface area contributed by atoms with Crippen molar-refractivity contribution in [2.75, 3.05) is 6.61 Å². The fraction of sp³-hybridized carbons (Fsp3) is 0.769. The fourth-order valence-corrected chi connectivity index (χ4v) is 2.70. The maximum atomic E-state index is 9.27. The van der Waals surface area contributed by atoms with Crippen molar-refractivity contribution in [2.45, 2.75) is 51.7 Å². The van der Waals surface area contributed by atoms with E-state index in [-0.39, 0.29) is 0 Å². The van der Waals surface area contributed by atoms with E-state index in [0.29, 0.717) is 18.6 Å². The van der Waals surface area contributed by atoms with Crippen LogP contribution in [0.5, 0.6) is 0 Å².